The van der Waals surface area contributed by atoms with Crippen molar-refractivity contribution in [3.05, 3.63) is 139 Å². The van der Waals surface area contributed by atoms with Crippen LogP contribution in [-0.4, -0.2) is 15.0 Å². The Hall–Kier alpha value is -5.65. The Labute approximate surface area is 275 Å². The Balaban J connectivity index is 1.22. The van der Waals surface area contributed by atoms with E-state index in [1.165, 1.54) is 37.7 Å². The van der Waals surface area contributed by atoms with Gasteiger partial charge in [0.25, 0.3) is 0 Å². The van der Waals surface area contributed by atoms with Gasteiger partial charge in [0, 0.05) is 32.0 Å². The van der Waals surface area contributed by atoms with Gasteiger partial charge in [0.1, 0.15) is 11.2 Å². The predicted molar refractivity (Wildman–Crippen MR) is 194 cm³/mol. The maximum atomic E-state index is 6.32. The van der Waals surface area contributed by atoms with Crippen molar-refractivity contribution in [1.29, 1.82) is 0 Å². The third-order valence-electron chi connectivity index (χ3n) is 9.73. The van der Waals surface area contributed by atoms with Crippen LogP contribution >= 0.6 is 11.3 Å². The normalized spacial score (nSPS) is 13.5. The van der Waals surface area contributed by atoms with Crippen molar-refractivity contribution in [2.24, 2.45) is 0 Å². The van der Waals surface area contributed by atoms with Gasteiger partial charge in [-0.05, 0) is 80.9 Å². The molecule has 0 amide bonds. The second-order valence-electron chi connectivity index (χ2n) is 12.9. The standard InChI is InChI=1S/C42H27N3OS/c1-42(2)32-15-7-6-13-28(32)38-29(14-9-16-33(38)42)40-43-39(44-41(45-40)37-23-26-12-5-8-17-36(26)47-37)27-18-19-34-30(21-27)31-20-24-10-3-4-11-25(24)22-35(31)46-34/h3-23H,1-2H3. The molecule has 47 heavy (non-hydrogen) atoms. The van der Waals surface area contributed by atoms with E-state index in [4.69, 9.17) is 19.4 Å². The summed E-state index contributed by atoms with van der Waals surface area (Å²) in [6.45, 7) is 4.60. The summed E-state index contributed by atoms with van der Waals surface area (Å²) in [4.78, 5) is 16.6. The van der Waals surface area contributed by atoms with E-state index in [-0.39, 0.29) is 5.41 Å². The molecule has 0 atom stereocenters. The van der Waals surface area contributed by atoms with Crippen LogP contribution in [0.4, 0.5) is 0 Å². The average Bonchev–Trinajstić information content (AvgIpc) is 3.77. The first-order valence-corrected chi connectivity index (χ1v) is 16.7. The molecule has 0 spiro atoms. The lowest BCUT2D eigenvalue weighted by Crippen LogP contribution is -2.14. The summed E-state index contributed by atoms with van der Waals surface area (Å²) in [5.74, 6) is 2.00. The molecule has 0 saturated heterocycles. The van der Waals surface area contributed by atoms with E-state index >= 15 is 0 Å². The Bertz CT molecular complexity index is 2700. The fraction of sp³-hybridized carbons (Fsp3) is 0.0714. The molecule has 0 fully saturated rings. The molecule has 3 heterocycles. The van der Waals surface area contributed by atoms with Crippen molar-refractivity contribution in [2.45, 2.75) is 19.3 Å². The number of furan rings is 1. The second-order valence-corrected chi connectivity index (χ2v) is 13.9. The highest BCUT2D eigenvalue weighted by Crippen LogP contribution is 2.51. The zero-order valence-electron chi connectivity index (χ0n) is 25.8. The van der Waals surface area contributed by atoms with Gasteiger partial charge in [-0.2, -0.15) is 0 Å². The number of rotatable bonds is 3. The van der Waals surface area contributed by atoms with E-state index in [2.05, 4.69) is 135 Å². The van der Waals surface area contributed by atoms with Crippen molar-refractivity contribution in [2.75, 3.05) is 0 Å². The van der Waals surface area contributed by atoms with Gasteiger partial charge in [-0.15, -0.1) is 11.3 Å². The van der Waals surface area contributed by atoms with E-state index in [1.54, 1.807) is 11.3 Å². The fourth-order valence-electron chi connectivity index (χ4n) is 7.37. The molecule has 0 bridgehead atoms. The Morgan fingerprint density at radius 3 is 2.09 bits per heavy atom. The molecule has 6 aromatic carbocycles. The maximum absolute atomic E-state index is 6.32. The van der Waals surface area contributed by atoms with Gasteiger partial charge in [0.15, 0.2) is 17.5 Å². The molecule has 222 valence electrons. The summed E-state index contributed by atoms with van der Waals surface area (Å²) in [7, 11) is 0. The molecule has 0 radical (unpaired) electrons. The molecule has 0 aliphatic heterocycles. The minimum Gasteiger partial charge on any atom is -0.456 e. The number of thiophene rings is 1. The van der Waals surface area contributed by atoms with E-state index in [0.29, 0.717) is 17.5 Å². The van der Waals surface area contributed by atoms with Crippen LogP contribution in [-0.2, 0) is 5.41 Å². The largest absolute Gasteiger partial charge is 0.456 e. The van der Waals surface area contributed by atoms with E-state index in [1.807, 2.05) is 6.07 Å². The molecule has 10 rings (SSSR count). The number of benzene rings is 6. The molecule has 9 aromatic rings. The first kappa shape index (κ1) is 26.6. The Morgan fingerprint density at radius 2 is 1.21 bits per heavy atom. The lowest BCUT2D eigenvalue weighted by Gasteiger charge is -2.21. The van der Waals surface area contributed by atoms with Gasteiger partial charge in [-0.1, -0.05) is 98.8 Å². The van der Waals surface area contributed by atoms with Crippen molar-refractivity contribution >= 4 is 54.1 Å². The molecular formula is C42H27N3OS. The Kier molecular flexibility index (Phi) is 5.47. The van der Waals surface area contributed by atoms with Crippen LogP contribution in [0.5, 0.6) is 0 Å². The minimum atomic E-state index is -0.121. The summed E-state index contributed by atoms with van der Waals surface area (Å²) in [6.07, 6.45) is 0. The topological polar surface area (TPSA) is 51.8 Å². The monoisotopic (exact) mass is 621 g/mol. The first-order chi connectivity index (χ1) is 23.0. The van der Waals surface area contributed by atoms with Crippen LogP contribution in [0.25, 0.3) is 87.4 Å². The third kappa shape index (κ3) is 3.96. The third-order valence-corrected chi connectivity index (χ3v) is 10.8. The molecule has 0 N–H and O–H groups in total. The molecule has 4 nitrogen and oxygen atoms in total. The fourth-order valence-corrected chi connectivity index (χ4v) is 8.37. The highest BCUT2D eigenvalue weighted by molar-refractivity contribution is 7.22. The van der Waals surface area contributed by atoms with Crippen molar-refractivity contribution in [1.82, 2.24) is 15.0 Å². The zero-order valence-corrected chi connectivity index (χ0v) is 26.6. The molecule has 3 aromatic heterocycles. The lowest BCUT2D eigenvalue weighted by molar-refractivity contribution is 0.660. The van der Waals surface area contributed by atoms with Gasteiger partial charge in [0.05, 0.1) is 4.88 Å². The van der Waals surface area contributed by atoms with Crippen molar-refractivity contribution in [3.8, 4) is 44.6 Å². The van der Waals surface area contributed by atoms with Crippen molar-refractivity contribution < 1.29 is 4.42 Å². The smallest absolute Gasteiger partial charge is 0.174 e. The number of fused-ring (bicyclic) bond motifs is 8. The van der Waals surface area contributed by atoms with Crippen LogP contribution < -0.4 is 0 Å². The molecular weight excluding hydrogens is 595 g/mol. The average molecular weight is 622 g/mol. The summed E-state index contributed by atoms with van der Waals surface area (Å²) in [5, 5.41) is 5.66. The highest BCUT2D eigenvalue weighted by atomic mass is 32.1. The summed E-state index contributed by atoms with van der Waals surface area (Å²) in [5.41, 5.74) is 8.61. The predicted octanol–water partition coefficient (Wildman–Crippen LogP) is 11.4. The van der Waals surface area contributed by atoms with Gasteiger partial charge in [-0.25, -0.2) is 15.0 Å². The summed E-state index contributed by atoms with van der Waals surface area (Å²) in [6, 6.07) is 44.9. The molecule has 0 unspecified atom stereocenters. The molecule has 0 saturated carbocycles. The number of aromatic nitrogens is 3. The van der Waals surface area contributed by atoms with Crippen LogP contribution in [0.1, 0.15) is 25.0 Å². The SMILES string of the molecule is CC1(C)c2ccccc2-c2c(-c3nc(-c4ccc5oc6cc7ccccc7cc6c5c4)nc(-c4cc5ccccc5s4)n3)cccc21. The highest BCUT2D eigenvalue weighted by Gasteiger charge is 2.37. The van der Waals surface area contributed by atoms with Crippen LogP contribution in [0, 0.1) is 0 Å². The summed E-state index contributed by atoms with van der Waals surface area (Å²) >= 11 is 1.71. The van der Waals surface area contributed by atoms with E-state index in [0.717, 1.165) is 43.3 Å². The zero-order chi connectivity index (χ0) is 31.3. The number of hydrogen-bond donors (Lipinski definition) is 0. The van der Waals surface area contributed by atoms with Crippen molar-refractivity contribution in [3.63, 3.8) is 0 Å². The second kappa shape index (κ2) is 9.68. The Morgan fingerprint density at radius 1 is 0.532 bits per heavy atom. The van der Waals surface area contributed by atoms with Crippen LogP contribution in [0.2, 0.25) is 0 Å². The molecule has 5 heteroatoms. The lowest BCUT2D eigenvalue weighted by atomic mass is 9.82. The van der Waals surface area contributed by atoms with E-state index < -0.39 is 0 Å². The van der Waals surface area contributed by atoms with Gasteiger partial charge in [-0.3, -0.25) is 0 Å². The van der Waals surface area contributed by atoms with Crippen LogP contribution in [0.3, 0.4) is 0 Å². The van der Waals surface area contributed by atoms with E-state index in [9.17, 15) is 0 Å². The maximum Gasteiger partial charge on any atom is 0.174 e. The molecule has 1 aliphatic rings. The number of hydrogen-bond acceptors (Lipinski definition) is 5. The van der Waals surface area contributed by atoms with Crippen LogP contribution in [0.15, 0.2) is 132 Å². The first-order valence-electron chi connectivity index (χ1n) is 15.9. The molecule has 1 aliphatic carbocycles. The summed E-state index contributed by atoms with van der Waals surface area (Å²) < 4.78 is 7.53. The minimum absolute atomic E-state index is 0.121. The van der Waals surface area contributed by atoms with Gasteiger partial charge >= 0.3 is 0 Å². The van der Waals surface area contributed by atoms with Gasteiger partial charge in [0.2, 0.25) is 0 Å². The quantitative estimate of drug-likeness (QED) is 0.197. The van der Waals surface area contributed by atoms with Gasteiger partial charge < -0.3 is 4.42 Å². The number of nitrogens with zero attached hydrogens (tertiary/aromatic N) is 3.